The van der Waals surface area contributed by atoms with Crippen molar-refractivity contribution in [2.24, 2.45) is 5.10 Å². The zero-order chi connectivity index (χ0) is 17.0. The van der Waals surface area contributed by atoms with Crippen molar-refractivity contribution in [2.75, 3.05) is 0 Å². The molecule has 1 fully saturated rings. The molecular formula is C21H21BrN2O. The first-order chi connectivity index (χ1) is 12.1. The highest BCUT2D eigenvalue weighted by atomic mass is 79.9. The van der Waals surface area contributed by atoms with Crippen molar-refractivity contribution in [3.05, 3.63) is 63.6 Å². The van der Waals surface area contributed by atoms with Gasteiger partial charge in [-0.3, -0.25) is 0 Å². The Balaban J connectivity index is 1.60. The largest absolute Gasteiger partial charge is 0.466 e. The lowest BCUT2D eigenvalue weighted by atomic mass is 9.94. The molecule has 0 aromatic heterocycles. The molecule has 1 saturated carbocycles. The molecule has 25 heavy (non-hydrogen) atoms. The van der Waals surface area contributed by atoms with Crippen molar-refractivity contribution < 1.29 is 4.74 Å². The maximum Gasteiger partial charge on any atom is 0.198 e. The monoisotopic (exact) mass is 396 g/mol. The van der Waals surface area contributed by atoms with Gasteiger partial charge in [0.25, 0.3) is 0 Å². The molecule has 1 spiro atoms. The summed E-state index contributed by atoms with van der Waals surface area (Å²) in [7, 11) is 0. The molecule has 1 aliphatic carbocycles. The first-order valence-electron chi connectivity index (χ1n) is 9.07. The summed E-state index contributed by atoms with van der Waals surface area (Å²) in [5, 5.41) is 7.37. The average molecular weight is 397 g/mol. The molecule has 3 nitrogen and oxygen atoms in total. The molecule has 1 atom stereocenters. The van der Waals surface area contributed by atoms with E-state index in [0.717, 1.165) is 29.5 Å². The molecule has 5 rings (SSSR count). The third kappa shape index (κ3) is 2.42. The standard InChI is InChI=1S/C21H21BrN2O/c1-14-4-6-15(7-5-14)18-13-19-17-12-16(22)8-9-20(17)25-21(24(19)23-18)10-2-3-11-21/h4-9,12,19H,2-3,10-11,13H2,1H3/t19-/m1/s1. The van der Waals surface area contributed by atoms with Crippen LogP contribution >= 0.6 is 15.9 Å². The highest BCUT2D eigenvalue weighted by molar-refractivity contribution is 9.10. The molecule has 2 aromatic carbocycles. The molecule has 2 aliphatic heterocycles. The van der Waals surface area contributed by atoms with Crippen LogP contribution in [0.1, 0.15) is 54.8 Å². The van der Waals surface area contributed by atoms with E-state index in [2.05, 4.69) is 70.3 Å². The van der Waals surface area contributed by atoms with E-state index >= 15 is 0 Å². The molecule has 0 N–H and O–H groups in total. The SMILES string of the molecule is Cc1ccc(C2=NN3[C@H](C2)c2cc(Br)ccc2OC32CCCC2)cc1. The molecule has 0 unspecified atom stereocenters. The minimum atomic E-state index is -0.252. The van der Waals surface area contributed by atoms with Gasteiger partial charge in [-0.15, -0.1) is 0 Å². The maximum absolute atomic E-state index is 6.55. The summed E-state index contributed by atoms with van der Waals surface area (Å²) < 4.78 is 7.65. The third-order valence-corrected chi connectivity index (χ3v) is 6.22. The van der Waals surface area contributed by atoms with Gasteiger partial charge in [-0.05, 0) is 43.5 Å². The number of halogens is 1. The van der Waals surface area contributed by atoms with E-state index in [0.29, 0.717) is 0 Å². The van der Waals surface area contributed by atoms with E-state index in [-0.39, 0.29) is 11.8 Å². The fourth-order valence-corrected chi connectivity index (χ4v) is 4.81. The topological polar surface area (TPSA) is 24.8 Å². The van der Waals surface area contributed by atoms with Crippen molar-refractivity contribution in [1.29, 1.82) is 0 Å². The van der Waals surface area contributed by atoms with Crippen LogP contribution in [-0.2, 0) is 0 Å². The molecule has 2 heterocycles. The lowest BCUT2D eigenvalue weighted by Gasteiger charge is -2.45. The molecule has 0 radical (unpaired) electrons. The van der Waals surface area contributed by atoms with Crippen LogP contribution in [0.25, 0.3) is 0 Å². The van der Waals surface area contributed by atoms with Gasteiger partial charge in [0.05, 0.1) is 11.8 Å². The fraction of sp³-hybridized carbons (Fsp3) is 0.381. The van der Waals surface area contributed by atoms with Crippen LogP contribution in [0, 0.1) is 6.92 Å². The van der Waals surface area contributed by atoms with E-state index in [4.69, 9.17) is 9.84 Å². The summed E-state index contributed by atoms with van der Waals surface area (Å²) in [6.07, 6.45) is 5.49. The summed E-state index contributed by atoms with van der Waals surface area (Å²) in [5.74, 6) is 1.03. The zero-order valence-electron chi connectivity index (χ0n) is 14.3. The van der Waals surface area contributed by atoms with Gasteiger partial charge >= 0.3 is 0 Å². The van der Waals surface area contributed by atoms with Gasteiger partial charge in [0.1, 0.15) is 5.75 Å². The number of hydrazone groups is 1. The first kappa shape index (κ1) is 15.4. The summed E-state index contributed by atoms with van der Waals surface area (Å²) in [6, 6.07) is 15.4. The van der Waals surface area contributed by atoms with Gasteiger partial charge in [0.15, 0.2) is 5.72 Å². The molecule has 4 heteroatoms. The van der Waals surface area contributed by atoms with Gasteiger partial charge in [-0.2, -0.15) is 5.10 Å². The third-order valence-electron chi connectivity index (χ3n) is 5.73. The normalized spacial score (nSPS) is 23.2. The zero-order valence-corrected chi connectivity index (χ0v) is 15.9. The van der Waals surface area contributed by atoms with Crippen molar-refractivity contribution in [2.45, 2.75) is 50.8 Å². The van der Waals surface area contributed by atoms with Gasteiger partial charge in [-0.25, -0.2) is 5.01 Å². The highest BCUT2D eigenvalue weighted by Gasteiger charge is 2.51. The highest BCUT2D eigenvalue weighted by Crippen LogP contribution is 2.52. The lowest BCUT2D eigenvalue weighted by Crippen LogP contribution is -2.51. The van der Waals surface area contributed by atoms with E-state index < -0.39 is 0 Å². The van der Waals surface area contributed by atoms with Crippen molar-refractivity contribution in [3.8, 4) is 5.75 Å². The van der Waals surface area contributed by atoms with Gasteiger partial charge in [0.2, 0.25) is 0 Å². The van der Waals surface area contributed by atoms with Crippen molar-refractivity contribution in [3.63, 3.8) is 0 Å². The Hall–Kier alpha value is -1.81. The number of rotatable bonds is 1. The summed E-state index contributed by atoms with van der Waals surface area (Å²) in [5.41, 5.74) is 4.68. The van der Waals surface area contributed by atoms with Crippen molar-refractivity contribution >= 4 is 21.6 Å². The smallest absolute Gasteiger partial charge is 0.198 e. The maximum atomic E-state index is 6.55. The molecular weight excluding hydrogens is 376 g/mol. The molecule has 0 amide bonds. The Bertz CT molecular complexity index is 853. The number of benzene rings is 2. The van der Waals surface area contributed by atoms with E-state index in [9.17, 15) is 0 Å². The molecule has 3 aliphatic rings. The number of hydrogen-bond donors (Lipinski definition) is 0. The summed E-state index contributed by atoms with van der Waals surface area (Å²) >= 11 is 3.62. The fourth-order valence-electron chi connectivity index (χ4n) is 4.43. The van der Waals surface area contributed by atoms with Crippen LogP contribution in [0.15, 0.2) is 52.0 Å². The Kier molecular flexibility index (Phi) is 3.46. The minimum absolute atomic E-state index is 0.252. The van der Waals surface area contributed by atoms with Crippen LogP contribution in [-0.4, -0.2) is 16.4 Å². The van der Waals surface area contributed by atoms with Gasteiger partial charge in [0, 0.05) is 29.3 Å². The molecule has 2 aromatic rings. The van der Waals surface area contributed by atoms with Crippen LogP contribution in [0.4, 0.5) is 0 Å². The molecule has 0 bridgehead atoms. The predicted octanol–water partition coefficient (Wildman–Crippen LogP) is 5.57. The van der Waals surface area contributed by atoms with Crippen LogP contribution in [0.5, 0.6) is 5.75 Å². The van der Waals surface area contributed by atoms with Crippen LogP contribution in [0.2, 0.25) is 0 Å². The predicted molar refractivity (Wildman–Crippen MR) is 103 cm³/mol. The van der Waals surface area contributed by atoms with Gasteiger partial charge < -0.3 is 4.74 Å². The number of ether oxygens (including phenoxy) is 1. The second-order valence-corrected chi connectivity index (χ2v) is 8.33. The lowest BCUT2D eigenvalue weighted by molar-refractivity contribution is -0.114. The Morgan fingerprint density at radius 3 is 2.64 bits per heavy atom. The van der Waals surface area contributed by atoms with E-state index in [1.54, 1.807) is 0 Å². The van der Waals surface area contributed by atoms with Crippen LogP contribution < -0.4 is 4.74 Å². The van der Waals surface area contributed by atoms with Crippen LogP contribution in [0.3, 0.4) is 0 Å². The summed E-state index contributed by atoms with van der Waals surface area (Å²) in [4.78, 5) is 0. The average Bonchev–Trinajstić information content (AvgIpc) is 3.25. The minimum Gasteiger partial charge on any atom is -0.466 e. The van der Waals surface area contributed by atoms with Gasteiger partial charge in [-0.1, -0.05) is 45.8 Å². The Morgan fingerprint density at radius 1 is 1.12 bits per heavy atom. The number of fused-ring (bicyclic) bond motifs is 4. The van der Waals surface area contributed by atoms with E-state index in [1.165, 1.54) is 35.2 Å². The number of nitrogens with zero attached hydrogens (tertiary/aromatic N) is 2. The second kappa shape index (κ2) is 5.60. The second-order valence-electron chi connectivity index (χ2n) is 7.41. The Labute approximate surface area is 156 Å². The Morgan fingerprint density at radius 2 is 1.88 bits per heavy atom. The molecule has 0 saturated heterocycles. The van der Waals surface area contributed by atoms with Crippen molar-refractivity contribution in [1.82, 2.24) is 5.01 Å². The van der Waals surface area contributed by atoms with E-state index in [1.807, 2.05) is 0 Å². The summed E-state index contributed by atoms with van der Waals surface area (Å²) in [6.45, 7) is 2.12. The number of hydrogen-bond acceptors (Lipinski definition) is 3. The number of aryl methyl sites for hydroxylation is 1. The first-order valence-corrected chi connectivity index (χ1v) is 9.86. The molecule has 128 valence electrons. The quantitative estimate of drug-likeness (QED) is 0.628.